The number of rotatable bonds is 8. The summed E-state index contributed by atoms with van der Waals surface area (Å²) in [6, 6.07) is 9.17. The van der Waals surface area contributed by atoms with Gasteiger partial charge in [-0.25, -0.2) is 18.7 Å². The van der Waals surface area contributed by atoms with Gasteiger partial charge >= 0.3 is 5.69 Å². The molecule has 0 aliphatic rings. The number of para-hydroxylation sites is 1. The van der Waals surface area contributed by atoms with E-state index < -0.39 is 29.5 Å². The number of anilines is 1. The van der Waals surface area contributed by atoms with Crippen molar-refractivity contribution in [2.75, 3.05) is 5.32 Å². The molecule has 166 valence electrons. The van der Waals surface area contributed by atoms with Crippen molar-refractivity contribution in [3.8, 4) is 0 Å². The number of unbranched alkanes of at least 4 members (excludes halogenated alkanes) is 1. The van der Waals surface area contributed by atoms with Crippen LogP contribution in [0.2, 0.25) is 0 Å². The lowest BCUT2D eigenvalue weighted by molar-refractivity contribution is -0.116. The maximum Gasteiger partial charge on any atom is 0.333 e. The molecule has 0 saturated heterocycles. The van der Waals surface area contributed by atoms with E-state index >= 15 is 0 Å². The quantitative estimate of drug-likeness (QED) is 0.454. The highest BCUT2D eigenvalue weighted by molar-refractivity contribution is 5.90. The van der Waals surface area contributed by atoms with Crippen LogP contribution in [0.3, 0.4) is 0 Å². The molecule has 1 aromatic carbocycles. The number of hydrogen-bond donors (Lipinski definition) is 1. The minimum Gasteiger partial charge on any atom is -0.467 e. The fraction of sp³-hybridized carbons (Fsp3) is 0.273. The Labute approximate surface area is 181 Å². The van der Waals surface area contributed by atoms with Crippen molar-refractivity contribution in [2.45, 2.75) is 39.4 Å². The first-order chi connectivity index (χ1) is 15.5. The maximum absolute atomic E-state index is 13.9. The molecule has 0 spiro atoms. The molecule has 0 fully saturated rings. The molecule has 0 saturated carbocycles. The van der Waals surface area contributed by atoms with Gasteiger partial charge in [0.15, 0.2) is 11.2 Å². The summed E-state index contributed by atoms with van der Waals surface area (Å²) >= 11 is 0. The summed E-state index contributed by atoms with van der Waals surface area (Å²) in [7, 11) is 0. The predicted molar refractivity (Wildman–Crippen MR) is 116 cm³/mol. The van der Waals surface area contributed by atoms with E-state index in [9.17, 15) is 18.8 Å². The fourth-order valence-electron chi connectivity index (χ4n) is 3.48. The van der Waals surface area contributed by atoms with Crippen LogP contribution in [-0.4, -0.2) is 24.6 Å². The molecule has 32 heavy (non-hydrogen) atoms. The minimum absolute atomic E-state index is 0.0270. The zero-order chi connectivity index (χ0) is 22.7. The smallest absolute Gasteiger partial charge is 0.333 e. The molecule has 9 nitrogen and oxygen atoms in total. The van der Waals surface area contributed by atoms with E-state index in [-0.39, 0.29) is 23.4 Å². The topological polar surface area (TPSA) is 104 Å². The first-order valence-electron chi connectivity index (χ1n) is 10.2. The van der Waals surface area contributed by atoms with Crippen LogP contribution in [0.25, 0.3) is 11.2 Å². The summed E-state index contributed by atoms with van der Waals surface area (Å²) in [6.07, 6.45) is 4.52. The second-order valence-electron chi connectivity index (χ2n) is 7.33. The third kappa shape index (κ3) is 4.11. The predicted octanol–water partition coefficient (Wildman–Crippen LogP) is 2.58. The second-order valence-corrected chi connectivity index (χ2v) is 7.33. The molecule has 4 aromatic rings. The Hall–Kier alpha value is -3.95. The molecule has 1 amide bonds. The fourth-order valence-corrected chi connectivity index (χ4v) is 3.48. The van der Waals surface area contributed by atoms with Gasteiger partial charge in [0.05, 0.1) is 24.8 Å². The first kappa shape index (κ1) is 21.3. The van der Waals surface area contributed by atoms with Gasteiger partial charge in [-0.05, 0) is 30.7 Å². The Balaban J connectivity index is 1.76. The van der Waals surface area contributed by atoms with Gasteiger partial charge in [0.25, 0.3) is 5.56 Å². The van der Waals surface area contributed by atoms with E-state index in [1.165, 1.54) is 35.4 Å². The zero-order valence-corrected chi connectivity index (χ0v) is 17.5. The molecular formula is C22H22FN5O4. The number of nitrogens with one attached hydrogen (secondary N) is 1. The summed E-state index contributed by atoms with van der Waals surface area (Å²) in [5.74, 6) is -0.688. The number of fused-ring (bicyclic) bond motifs is 1. The minimum atomic E-state index is -0.687. The van der Waals surface area contributed by atoms with Crippen LogP contribution in [0.4, 0.5) is 10.1 Å². The van der Waals surface area contributed by atoms with Crippen molar-refractivity contribution in [3.63, 3.8) is 0 Å². The van der Waals surface area contributed by atoms with E-state index in [2.05, 4.69) is 10.3 Å². The number of benzene rings is 1. The van der Waals surface area contributed by atoms with Crippen LogP contribution >= 0.6 is 0 Å². The van der Waals surface area contributed by atoms with Gasteiger partial charge in [-0.3, -0.25) is 14.2 Å². The second kappa shape index (κ2) is 9.04. The number of nitrogens with zero attached hydrogens (tertiary/aromatic N) is 4. The Morgan fingerprint density at radius 1 is 1.16 bits per heavy atom. The summed E-state index contributed by atoms with van der Waals surface area (Å²) < 4.78 is 23.1. The van der Waals surface area contributed by atoms with Crippen LogP contribution in [-0.2, 0) is 24.4 Å². The average molecular weight is 439 g/mol. The Bertz CT molecular complexity index is 1370. The molecule has 0 aliphatic heterocycles. The van der Waals surface area contributed by atoms with Crippen LogP contribution in [0.5, 0.6) is 0 Å². The number of furan rings is 1. The van der Waals surface area contributed by atoms with Crippen molar-refractivity contribution in [3.05, 3.63) is 81.4 Å². The lowest BCUT2D eigenvalue weighted by Crippen LogP contribution is -2.43. The monoisotopic (exact) mass is 439 g/mol. The van der Waals surface area contributed by atoms with E-state index in [1.54, 1.807) is 22.8 Å². The van der Waals surface area contributed by atoms with Crippen molar-refractivity contribution in [2.24, 2.45) is 0 Å². The summed E-state index contributed by atoms with van der Waals surface area (Å²) in [5.41, 5.74) is -0.865. The van der Waals surface area contributed by atoms with Crippen LogP contribution in [0.1, 0.15) is 25.5 Å². The van der Waals surface area contributed by atoms with E-state index in [0.29, 0.717) is 18.7 Å². The highest BCUT2D eigenvalue weighted by Crippen LogP contribution is 2.13. The lowest BCUT2D eigenvalue weighted by Gasteiger charge is -2.12. The molecule has 0 bridgehead atoms. The Morgan fingerprint density at radius 2 is 1.97 bits per heavy atom. The molecule has 0 unspecified atom stereocenters. The number of carbonyl (C=O) groups is 1. The van der Waals surface area contributed by atoms with Crippen molar-refractivity contribution in [1.82, 2.24) is 18.7 Å². The molecule has 10 heteroatoms. The summed E-state index contributed by atoms with van der Waals surface area (Å²) in [4.78, 5) is 43.2. The van der Waals surface area contributed by atoms with Gasteiger partial charge in [-0.2, -0.15) is 0 Å². The summed E-state index contributed by atoms with van der Waals surface area (Å²) in [6.45, 7) is 2.01. The zero-order valence-electron chi connectivity index (χ0n) is 17.5. The molecule has 3 aromatic heterocycles. The van der Waals surface area contributed by atoms with Crippen molar-refractivity contribution >= 4 is 22.8 Å². The Kier molecular flexibility index (Phi) is 6.02. The number of halogens is 1. The number of aromatic nitrogens is 4. The normalized spacial score (nSPS) is 11.2. The van der Waals surface area contributed by atoms with Gasteiger partial charge in [-0.15, -0.1) is 0 Å². The van der Waals surface area contributed by atoms with Crippen molar-refractivity contribution < 1.29 is 13.6 Å². The number of hydrogen-bond acceptors (Lipinski definition) is 5. The molecule has 1 N–H and O–H groups in total. The van der Waals surface area contributed by atoms with E-state index in [1.807, 2.05) is 6.92 Å². The maximum atomic E-state index is 13.9. The third-order valence-electron chi connectivity index (χ3n) is 5.07. The number of aryl methyl sites for hydroxylation is 1. The number of carbonyl (C=O) groups excluding carboxylic acids is 1. The van der Waals surface area contributed by atoms with Gasteiger partial charge < -0.3 is 14.3 Å². The molecule has 3 heterocycles. The van der Waals surface area contributed by atoms with Gasteiger partial charge in [-0.1, -0.05) is 25.5 Å². The molecule has 4 rings (SSSR count). The SMILES string of the molecule is CCCCn1c(=O)n(CC(=O)Nc2ccccc2F)c(=O)c2c1ncn2Cc1ccco1. The Morgan fingerprint density at radius 3 is 2.69 bits per heavy atom. The molecular weight excluding hydrogens is 417 g/mol. The lowest BCUT2D eigenvalue weighted by atomic mass is 10.3. The molecule has 0 radical (unpaired) electrons. The molecule has 0 atom stereocenters. The number of imidazole rings is 1. The van der Waals surface area contributed by atoms with Crippen LogP contribution in [0, 0.1) is 5.82 Å². The van der Waals surface area contributed by atoms with Crippen molar-refractivity contribution in [1.29, 1.82) is 0 Å². The average Bonchev–Trinajstić information content (AvgIpc) is 3.43. The highest BCUT2D eigenvalue weighted by atomic mass is 19.1. The standard InChI is InChI=1S/C22H22FN5O4/c1-2-3-10-27-20-19(26(14-24-20)12-15-7-6-11-32-15)21(30)28(22(27)31)13-18(29)25-17-9-5-4-8-16(17)23/h4-9,11,14H,2-3,10,12-13H2,1H3,(H,25,29). The van der Waals surface area contributed by atoms with Crippen LogP contribution < -0.4 is 16.6 Å². The summed E-state index contributed by atoms with van der Waals surface area (Å²) in [5, 5.41) is 2.41. The first-order valence-corrected chi connectivity index (χ1v) is 10.2. The van der Waals surface area contributed by atoms with Gasteiger partial charge in [0.2, 0.25) is 5.91 Å². The van der Waals surface area contributed by atoms with Gasteiger partial charge in [0.1, 0.15) is 18.1 Å². The van der Waals surface area contributed by atoms with E-state index in [4.69, 9.17) is 4.42 Å². The third-order valence-corrected chi connectivity index (χ3v) is 5.07. The number of amides is 1. The molecule has 0 aliphatic carbocycles. The van der Waals surface area contributed by atoms with Gasteiger partial charge in [0, 0.05) is 6.54 Å². The largest absolute Gasteiger partial charge is 0.467 e. The van der Waals surface area contributed by atoms with E-state index in [0.717, 1.165) is 11.0 Å². The highest BCUT2D eigenvalue weighted by Gasteiger charge is 2.20. The van der Waals surface area contributed by atoms with Crippen LogP contribution in [0.15, 0.2) is 63.0 Å².